The number of piperidine rings is 1. The number of amides is 1. The number of hydrogen-bond acceptors (Lipinski definition) is 6. The molecule has 0 spiro atoms. The number of carbonyl (C=O) groups is 1. The van der Waals surface area contributed by atoms with Crippen molar-refractivity contribution in [3.05, 3.63) is 46.3 Å². The van der Waals surface area contributed by atoms with Gasteiger partial charge in [0.1, 0.15) is 5.84 Å². The number of amidine groups is 1. The standard InChI is InChI=1S/C20H26N4O3S2/c1-15-6-8-23(9-7-15)17(18-3-2-11-28-18)13-21-20(25)16-4-5-19-22-29(26,27)12-10-24(19)14-16/h2-5,11,14-15,17H,6-10,12-13H2,1H3,(H,21,25)/t17-/m0/s1. The highest BCUT2D eigenvalue weighted by molar-refractivity contribution is 7.90. The van der Waals surface area contributed by atoms with Crippen molar-refractivity contribution in [3.63, 3.8) is 0 Å². The number of thiophene rings is 1. The zero-order chi connectivity index (χ0) is 20.4. The molecule has 3 aliphatic heterocycles. The Kier molecular flexibility index (Phi) is 5.89. The molecule has 7 nitrogen and oxygen atoms in total. The molecule has 0 aliphatic carbocycles. The number of nitrogens with zero attached hydrogens (tertiary/aromatic N) is 3. The summed E-state index contributed by atoms with van der Waals surface area (Å²) in [6.45, 7) is 5.25. The van der Waals surface area contributed by atoms with Crippen molar-refractivity contribution in [3.8, 4) is 0 Å². The number of hydrogen-bond donors (Lipinski definition) is 1. The second kappa shape index (κ2) is 8.41. The third kappa shape index (κ3) is 4.79. The highest BCUT2D eigenvalue weighted by Crippen LogP contribution is 2.29. The molecule has 0 aromatic carbocycles. The first-order valence-electron chi connectivity index (χ1n) is 9.96. The topological polar surface area (TPSA) is 82.1 Å². The van der Waals surface area contributed by atoms with Crippen molar-refractivity contribution in [1.29, 1.82) is 0 Å². The quantitative estimate of drug-likeness (QED) is 0.768. The van der Waals surface area contributed by atoms with Gasteiger partial charge in [-0.05, 0) is 55.4 Å². The predicted molar refractivity (Wildman–Crippen MR) is 115 cm³/mol. The maximum Gasteiger partial charge on any atom is 0.256 e. The van der Waals surface area contributed by atoms with Gasteiger partial charge in [-0.2, -0.15) is 0 Å². The molecule has 1 fully saturated rings. The Morgan fingerprint density at radius 3 is 2.83 bits per heavy atom. The Balaban J connectivity index is 1.42. The molecule has 1 amide bonds. The van der Waals surface area contributed by atoms with Gasteiger partial charge in [0.2, 0.25) is 0 Å². The average molecular weight is 435 g/mol. The first kappa shape index (κ1) is 20.3. The average Bonchev–Trinajstić information content (AvgIpc) is 3.23. The molecule has 1 N–H and O–H groups in total. The van der Waals surface area contributed by atoms with Crippen LogP contribution in [0.25, 0.3) is 0 Å². The van der Waals surface area contributed by atoms with Gasteiger partial charge in [-0.3, -0.25) is 9.69 Å². The molecule has 0 radical (unpaired) electrons. The fourth-order valence-electron chi connectivity index (χ4n) is 3.86. The van der Waals surface area contributed by atoms with Crippen LogP contribution in [0, 0.1) is 5.92 Å². The molecular weight excluding hydrogens is 408 g/mol. The van der Waals surface area contributed by atoms with Crippen molar-refractivity contribution >= 4 is 33.1 Å². The van der Waals surface area contributed by atoms with E-state index in [9.17, 15) is 13.2 Å². The van der Waals surface area contributed by atoms with Gasteiger partial charge in [-0.25, -0.2) is 8.42 Å². The molecule has 156 valence electrons. The van der Waals surface area contributed by atoms with Crippen molar-refractivity contribution in [1.82, 2.24) is 15.1 Å². The van der Waals surface area contributed by atoms with E-state index in [2.05, 4.69) is 39.1 Å². The summed E-state index contributed by atoms with van der Waals surface area (Å²) in [5.74, 6) is 0.933. The first-order chi connectivity index (χ1) is 13.9. The van der Waals surface area contributed by atoms with E-state index in [4.69, 9.17) is 0 Å². The van der Waals surface area contributed by atoms with Crippen LogP contribution in [-0.4, -0.2) is 61.9 Å². The fourth-order valence-corrected chi connectivity index (χ4v) is 5.69. The van der Waals surface area contributed by atoms with E-state index in [1.54, 1.807) is 34.6 Å². The lowest BCUT2D eigenvalue weighted by molar-refractivity contribution is -0.117. The van der Waals surface area contributed by atoms with Crippen LogP contribution in [0.1, 0.15) is 30.7 Å². The van der Waals surface area contributed by atoms with Gasteiger partial charge in [0.15, 0.2) is 0 Å². The summed E-state index contributed by atoms with van der Waals surface area (Å²) in [5.41, 5.74) is 0.514. The maximum atomic E-state index is 12.8. The van der Waals surface area contributed by atoms with E-state index in [1.807, 2.05) is 0 Å². The molecule has 0 unspecified atom stereocenters. The minimum Gasteiger partial charge on any atom is -0.350 e. The molecule has 9 heteroatoms. The number of rotatable bonds is 5. The van der Waals surface area contributed by atoms with Crippen LogP contribution < -0.4 is 5.32 Å². The van der Waals surface area contributed by atoms with E-state index in [1.165, 1.54) is 17.7 Å². The molecule has 4 rings (SSSR count). The number of carbonyl (C=O) groups excluding carboxylic acids is 1. The minimum atomic E-state index is -3.39. The first-order valence-corrected chi connectivity index (χ1v) is 12.4. The van der Waals surface area contributed by atoms with Gasteiger partial charge in [0, 0.05) is 24.2 Å². The summed E-state index contributed by atoms with van der Waals surface area (Å²) in [7, 11) is -3.39. The zero-order valence-electron chi connectivity index (χ0n) is 16.5. The zero-order valence-corrected chi connectivity index (χ0v) is 18.1. The number of fused-ring (bicyclic) bond motifs is 1. The second-order valence-corrected chi connectivity index (χ2v) is 10.5. The monoisotopic (exact) mass is 434 g/mol. The summed E-state index contributed by atoms with van der Waals surface area (Å²) in [4.78, 5) is 18.2. The predicted octanol–water partition coefficient (Wildman–Crippen LogP) is 2.13. The molecule has 1 atom stereocenters. The lowest BCUT2D eigenvalue weighted by atomic mass is 9.97. The van der Waals surface area contributed by atoms with Gasteiger partial charge in [-0.1, -0.05) is 13.0 Å². The Bertz CT molecular complexity index is 942. The molecule has 3 aliphatic rings. The largest absolute Gasteiger partial charge is 0.350 e. The molecule has 1 aromatic heterocycles. The van der Waals surface area contributed by atoms with Crippen LogP contribution in [-0.2, 0) is 14.8 Å². The van der Waals surface area contributed by atoms with Crippen LogP contribution >= 0.6 is 11.3 Å². The summed E-state index contributed by atoms with van der Waals surface area (Å²) >= 11 is 1.72. The Labute approximate surface area is 175 Å². The summed E-state index contributed by atoms with van der Waals surface area (Å²) in [5, 5.41) is 5.16. The van der Waals surface area contributed by atoms with Gasteiger partial charge in [0.05, 0.1) is 17.4 Å². The highest BCUT2D eigenvalue weighted by Gasteiger charge is 2.28. The van der Waals surface area contributed by atoms with Crippen LogP contribution in [0.2, 0.25) is 0 Å². The van der Waals surface area contributed by atoms with E-state index < -0.39 is 10.0 Å². The maximum absolute atomic E-state index is 12.8. The van der Waals surface area contributed by atoms with E-state index in [0.717, 1.165) is 19.0 Å². The lowest BCUT2D eigenvalue weighted by Crippen LogP contribution is -2.42. The molecular formula is C20H26N4O3S2. The van der Waals surface area contributed by atoms with Crippen LogP contribution in [0.5, 0.6) is 0 Å². The van der Waals surface area contributed by atoms with Crippen molar-refractivity contribution in [2.24, 2.45) is 10.3 Å². The van der Waals surface area contributed by atoms with Crippen molar-refractivity contribution < 1.29 is 13.2 Å². The summed E-state index contributed by atoms with van der Waals surface area (Å²) in [6.07, 6.45) is 7.28. The molecule has 4 heterocycles. The van der Waals surface area contributed by atoms with E-state index >= 15 is 0 Å². The summed E-state index contributed by atoms with van der Waals surface area (Å²) in [6, 6.07) is 4.37. The second-order valence-electron chi connectivity index (χ2n) is 7.81. The third-order valence-corrected chi connectivity index (χ3v) is 7.81. The molecule has 29 heavy (non-hydrogen) atoms. The van der Waals surface area contributed by atoms with Gasteiger partial charge in [-0.15, -0.1) is 15.7 Å². The van der Waals surface area contributed by atoms with E-state index in [0.29, 0.717) is 24.5 Å². The van der Waals surface area contributed by atoms with Crippen LogP contribution in [0.3, 0.4) is 0 Å². The van der Waals surface area contributed by atoms with Gasteiger partial charge in [0.25, 0.3) is 15.9 Å². The summed E-state index contributed by atoms with van der Waals surface area (Å²) < 4.78 is 27.0. The number of nitrogens with one attached hydrogen (secondary N) is 1. The van der Waals surface area contributed by atoms with Crippen molar-refractivity contribution in [2.45, 2.75) is 25.8 Å². The third-order valence-electron chi connectivity index (χ3n) is 5.67. The Hall–Kier alpha value is -1.97. The van der Waals surface area contributed by atoms with Crippen molar-refractivity contribution in [2.75, 3.05) is 31.9 Å². The molecule has 1 aromatic rings. The SMILES string of the molecule is CC1CCN([C@@H](CNC(=O)C2=CN3CCS(=O)(=O)N=C3C=C2)c2cccs2)CC1. The molecule has 0 saturated carbocycles. The van der Waals surface area contributed by atoms with Gasteiger partial charge < -0.3 is 10.2 Å². The minimum absolute atomic E-state index is 0.0381. The van der Waals surface area contributed by atoms with Crippen LogP contribution in [0.15, 0.2) is 45.8 Å². The Morgan fingerprint density at radius 1 is 1.31 bits per heavy atom. The fraction of sp³-hybridized carbons (Fsp3) is 0.500. The number of likely N-dealkylation sites (tertiary alicyclic amines) is 1. The highest BCUT2D eigenvalue weighted by atomic mass is 32.2. The normalized spacial score (nSPS) is 23.1. The van der Waals surface area contributed by atoms with Crippen LogP contribution in [0.4, 0.5) is 0 Å². The molecule has 0 bridgehead atoms. The lowest BCUT2D eigenvalue weighted by Gasteiger charge is -2.36. The molecule has 1 saturated heterocycles. The van der Waals surface area contributed by atoms with Gasteiger partial charge >= 0.3 is 0 Å². The smallest absolute Gasteiger partial charge is 0.256 e. The number of sulfonamides is 1. The Morgan fingerprint density at radius 2 is 2.10 bits per heavy atom. The van der Waals surface area contributed by atoms with E-state index in [-0.39, 0.29) is 17.7 Å².